The third-order valence-electron chi connectivity index (χ3n) is 2.27. The van der Waals surface area contributed by atoms with Gasteiger partial charge in [-0.15, -0.1) is 0 Å². The van der Waals surface area contributed by atoms with E-state index in [0.29, 0.717) is 0 Å². The molecule has 3 aliphatic rings. The van der Waals surface area contributed by atoms with E-state index in [0.717, 1.165) is 45.8 Å². The topological polar surface area (TPSA) is 72.5 Å². The molecule has 6 heteroatoms. The minimum atomic E-state index is 1.00. The summed E-state index contributed by atoms with van der Waals surface area (Å²) in [5.74, 6) is 0. The molecule has 0 aliphatic carbocycles. The zero-order valence-corrected chi connectivity index (χ0v) is 9.89. The maximum absolute atomic E-state index is 3.71. The molecule has 6 nitrogen and oxygen atoms in total. The van der Waals surface area contributed by atoms with Crippen LogP contribution >= 0.6 is 0 Å². The van der Waals surface area contributed by atoms with Crippen LogP contribution in [0.1, 0.15) is 19.3 Å². The third-order valence-corrected chi connectivity index (χ3v) is 2.27. The molecule has 0 aromatic carbocycles. The zero-order chi connectivity index (χ0) is 11.3. The van der Waals surface area contributed by atoms with Crippen molar-refractivity contribution in [1.29, 1.82) is 0 Å². The van der Waals surface area contributed by atoms with Crippen LogP contribution in [0, 0.1) is 0 Å². The molecule has 16 heavy (non-hydrogen) atoms. The van der Waals surface area contributed by atoms with E-state index in [-0.39, 0.29) is 0 Å². The van der Waals surface area contributed by atoms with Gasteiger partial charge in [0.05, 0.1) is 0 Å². The predicted molar refractivity (Wildman–Crippen MR) is 67.2 cm³/mol. The Kier molecular flexibility index (Phi) is 9.04. The number of hydrazine groups is 1. The fraction of sp³-hybridized carbons (Fsp3) is 0.900. The highest BCUT2D eigenvalue weighted by atomic mass is 15.4. The van der Waals surface area contributed by atoms with Crippen molar-refractivity contribution in [2.45, 2.75) is 19.3 Å². The zero-order valence-electron chi connectivity index (χ0n) is 9.89. The summed E-state index contributed by atoms with van der Waals surface area (Å²) in [5.41, 5.74) is 8.86. The molecule has 0 atom stereocenters. The van der Waals surface area contributed by atoms with Crippen molar-refractivity contribution in [2.24, 2.45) is 5.10 Å². The van der Waals surface area contributed by atoms with E-state index in [1.807, 2.05) is 6.21 Å². The lowest BCUT2D eigenvalue weighted by atomic mass is 10.3. The molecular weight excluding hydrogens is 204 g/mol. The van der Waals surface area contributed by atoms with Gasteiger partial charge >= 0.3 is 0 Å². The minimum Gasteiger partial charge on any atom is -0.310 e. The Morgan fingerprint density at radius 1 is 0.812 bits per heavy atom. The number of rotatable bonds is 0. The number of nitrogens with zero attached hydrogens (tertiary/aromatic N) is 1. The Hall–Kier alpha value is -0.690. The normalized spacial score (nSPS) is 22.5. The Bertz CT molecular complexity index is 140. The van der Waals surface area contributed by atoms with Gasteiger partial charge in [0.15, 0.2) is 0 Å². The summed E-state index contributed by atoms with van der Waals surface area (Å²) >= 11 is 0. The molecule has 0 bridgehead atoms. The van der Waals surface area contributed by atoms with Crippen LogP contribution in [0.3, 0.4) is 0 Å². The van der Waals surface area contributed by atoms with Crippen LogP contribution in [0.2, 0.25) is 0 Å². The lowest BCUT2D eigenvalue weighted by Crippen LogP contribution is -2.37. The highest BCUT2D eigenvalue weighted by Gasteiger charge is 1.92. The molecule has 0 saturated carbocycles. The van der Waals surface area contributed by atoms with E-state index >= 15 is 0 Å². The fourth-order valence-corrected chi connectivity index (χ4v) is 1.37. The monoisotopic (exact) mass is 228 g/mol. The lowest BCUT2D eigenvalue weighted by Gasteiger charge is -2.10. The van der Waals surface area contributed by atoms with Gasteiger partial charge in [-0.1, -0.05) is 0 Å². The molecule has 3 heterocycles. The molecule has 2 fully saturated rings. The van der Waals surface area contributed by atoms with Crippen molar-refractivity contribution in [1.82, 2.24) is 26.9 Å². The summed E-state index contributed by atoms with van der Waals surface area (Å²) < 4.78 is 0. The quantitative estimate of drug-likeness (QED) is 0.367. The molecule has 0 unspecified atom stereocenters. The smallest absolute Gasteiger partial charge is 0.0455 e. The second-order valence-corrected chi connectivity index (χ2v) is 3.75. The summed E-state index contributed by atoms with van der Waals surface area (Å²) in [4.78, 5) is 0. The van der Waals surface area contributed by atoms with Crippen LogP contribution in [0.5, 0.6) is 0 Å². The van der Waals surface area contributed by atoms with Gasteiger partial charge in [0.2, 0.25) is 0 Å². The van der Waals surface area contributed by atoms with Gasteiger partial charge < -0.3 is 16.1 Å². The average Bonchev–Trinajstić information content (AvgIpc) is 3.10. The number of hydrogen-bond donors (Lipinski definition) is 5. The van der Waals surface area contributed by atoms with E-state index in [9.17, 15) is 0 Å². The molecule has 0 spiro atoms. The first-order valence-electron chi connectivity index (χ1n) is 6.11. The fourth-order valence-electron chi connectivity index (χ4n) is 1.37. The van der Waals surface area contributed by atoms with E-state index in [2.05, 4.69) is 32.0 Å². The summed E-state index contributed by atoms with van der Waals surface area (Å²) in [6, 6.07) is 0. The van der Waals surface area contributed by atoms with Gasteiger partial charge in [-0.3, -0.25) is 10.9 Å². The molecule has 5 N–H and O–H groups in total. The Labute approximate surface area is 97.6 Å². The number of nitrogens with one attached hydrogen (secondary N) is 5. The summed E-state index contributed by atoms with van der Waals surface area (Å²) in [6.07, 6.45) is 5.62. The molecule has 3 rings (SSSR count). The van der Waals surface area contributed by atoms with Crippen molar-refractivity contribution in [3.05, 3.63) is 0 Å². The summed E-state index contributed by atoms with van der Waals surface area (Å²) in [5, 5.41) is 9.93. The lowest BCUT2D eigenvalue weighted by molar-refractivity contribution is 0.443. The Balaban J connectivity index is 0.000000121. The SMILES string of the molecule is C1=NNCC1.C1CCNNC1.C1CNCN1. The molecule has 0 aromatic heterocycles. The third kappa shape index (κ3) is 8.60. The minimum absolute atomic E-state index is 1.00. The standard InChI is InChI=1S/C4H10N2.C3H8N2.C3H6N2/c1-2-4-6-5-3-1;1-2-5-3-4-1;1-2-4-5-3-1/h5-6H,1-4H2;4-5H,1-3H2;2,5H,1,3H2. The maximum atomic E-state index is 3.71. The van der Waals surface area contributed by atoms with Gasteiger partial charge in [-0.25, -0.2) is 0 Å². The second kappa shape index (κ2) is 10.8. The van der Waals surface area contributed by atoms with Crippen LogP contribution in [-0.2, 0) is 0 Å². The molecule has 0 aromatic rings. The Morgan fingerprint density at radius 2 is 1.50 bits per heavy atom. The van der Waals surface area contributed by atoms with Gasteiger partial charge in [0.25, 0.3) is 0 Å². The second-order valence-electron chi connectivity index (χ2n) is 3.75. The maximum Gasteiger partial charge on any atom is 0.0455 e. The summed E-state index contributed by atoms with van der Waals surface area (Å²) in [6.45, 7) is 6.58. The highest BCUT2D eigenvalue weighted by Crippen LogP contribution is 1.85. The van der Waals surface area contributed by atoms with Gasteiger partial charge in [0.1, 0.15) is 0 Å². The van der Waals surface area contributed by atoms with Crippen molar-refractivity contribution in [3.8, 4) is 0 Å². The van der Waals surface area contributed by atoms with Crippen LogP contribution in [0.4, 0.5) is 0 Å². The van der Waals surface area contributed by atoms with Crippen molar-refractivity contribution in [2.75, 3.05) is 39.4 Å². The average molecular weight is 228 g/mol. The van der Waals surface area contributed by atoms with E-state index in [1.54, 1.807) is 0 Å². The number of hydrogen-bond acceptors (Lipinski definition) is 6. The van der Waals surface area contributed by atoms with Crippen molar-refractivity contribution in [3.63, 3.8) is 0 Å². The largest absolute Gasteiger partial charge is 0.310 e. The molecule has 0 radical (unpaired) electrons. The van der Waals surface area contributed by atoms with Crippen molar-refractivity contribution < 1.29 is 0 Å². The van der Waals surface area contributed by atoms with Gasteiger partial charge in [-0.05, 0) is 12.8 Å². The van der Waals surface area contributed by atoms with E-state index in [4.69, 9.17) is 0 Å². The molecular formula is C10H24N6. The predicted octanol–water partition coefficient (Wildman–Crippen LogP) is -1.02. The number of hydrazone groups is 1. The van der Waals surface area contributed by atoms with E-state index in [1.165, 1.54) is 12.8 Å². The van der Waals surface area contributed by atoms with Gasteiger partial charge in [0, 0.05) is 52.0 Å². The molecule has 3 aliphatic heterocycles. The first kappa shape index (κ1) is 13.4. The van der Waals surface area contributed by atoms with Crippen molar-refractivity contribution >= 4 is 6.21 Å². The van der Waals surface area contributed by atoms with Crippen LogP contribution in [-0.4, -0.2) is 45.6 Å². The van der Waals surface area contributed by atoms with Gasteiger partial charge in [-0.2, -0.15) is 5.10 Å². The van der Waals surface area contributed by atoms with Crippen LogP contribution in [0.25, 0.3) is 0 Å². The van der Waals surface area contributed by atoms with Crippen LogP contribution < -0.4 is 26.9 Å². The first-order chi connectivity index (χ1) is 8.00. The first-order valence-corrected chi connectivity index (χ1v) is 6.11. The molecule has 2 saturated heterocycles. The Morgan fingerprint density at radius 3 is 1.69 bits per heavy atom. The molecule has 94 valence electrons. The van der Waals surface area contributed by atoms with E-state index < -0.39 is 0 Å². The molecule has 0 amide bonds. The highest BCUT2D eigenvalue weighted by molar-refractivity contribution is 5.58. The van der Waals surface area contributed by atoms with Crippen LogP contribution in [0.15, 0.2) is 5.10 Å². The summed E-state index contributed by atoms with van der Waals surface area (Å²) in [7, 11) is 0.